The normalized spacial score (nSPS) is 12.4. The number of nitrogens with one attached hydrogen (secondary N) is 1. The van der Waals surface area contributed by atoms with Gasteiger partial charge in [0.2, 0.25) is 0 Å². The van der Waals surface area contributed by atoms with E-state index in [-0.39, 0.29) is 11.9 Å². The van der Waals surface area contributed by atoms with E-state index in [4.69, 9.17) is 0 Å². The molecule has 18 heavy (non-hydrogen) atoms. The van der Waals surface area contributed by atoms with Crippen molar-refractivity contribution in [1.82, 2.24) is 0 Å². The van der Waals surface area contributed by atoms with Gasteiger partial charge in [-0.05, 0) is 29.7 Å². The van der Waals surface area contributed by atoms with Crippen LogP contribution in [0.25, 0.3) is 0 Å². The van der Waals surface area contributed by atoms with Gasteiger partial charge in [0, 0.05) is 5.69 Å². The molecule has 0 amide bonds. The zero-order valence-electron chi connectivity index (χ0n) is 10.7. The monoisotopic (exact) mass is 243 g/mol. The smallest absolute Gasteiger partial charge is 0.125 e. The molecule has 1 N–H and O–H groups in total. The quantitative estimate of drug-likeness (QED) is 0.825. The van der Waals surface area contributed by atoms with Crippen LogP contribution < -0.4 is 5.32 Å². The third kappa shape index (κ3) is 3.10. The van der Waals surface area contributed by atoms with E-state index in [1.54, 1.807) is 6.07 Å². The fourth-order valence-electron chi connectivity index (χ4n) is 2.05. The van der Waals surface area contributed by atoms with Gasteiger partial charge in [0.05, 0.1) is 6.04 Å². The molecule has 94 valence electrons. The van der Waals surface area contributed by atoms with Gasteiger partial charge in [-0.2, -0.15) is 0 Å². The highest BCUT2D eigenvalue weighted by molar-refractivity contribution is 5.45. The molecule has 1 atom stereocenters. The third-order valence-corrected chi connectivity index (χ3v) is 2.97. The van der Waals surface area contributed by atoms with Crippen LogP contribution in [0.3, 0.4) is 0 Å². The first-order chi connectivity index (χ1) is 8.66. The van der Waals surface area contributed by atoms with E-state index in [0.29, 0.717) is 5.92 Å². The second-order valence-corrected chi connectivity index (χ2v) is 4.79. The van der Waals surface area contributed by atoms with Gasteiger partial charge < -0.3 is 5.32 Å². The van der Waals surface area contributed by atoms with Gasteiger partial charge in [-0.15, -0.1) is 0 Å². The van der Waals surface area contributed by atoms with E-state index in [1.807, 2.05) is 24.3 Å². The van der Waals surface area contributed by atoms with Gasteiger partial charge in [-0.3, -0.25) is 0 Å². The largest absolute Gasteiger partial charge is 0.378 e. The maximum absolute atomic E-state index is 13.2. The van der Waals surface area contributed by atoms with Crippen LogP contribution in [0.15, 0.2) is 54.6 Å². The molecule has 0 bridgehead atoms. The van der Waals surface area contributed by atoms with Gasteiger partial charge in [-0.1, -0.05) is 50.2 Å². The van der Waals surface area contributed by atoms with Crippen LogP contribution in [0.4, 0.5) is 10.1 Å². The average Bonchev–Trinajstić information content (AvgIpc) is 2.37. The Bertz CT molecular complexity index is 493. The van der Waals surface area contributed by atoms with Crippen molar-refractivity contribution in [2.75, 3.05) is 5.32 Å². The lowest BCUT2D eigenvalue weighted by molar-refractivity contribution is 0.545. The van der Waals surface area contributed by atoms with Crippen LogP contribution >= 0.6 is 0 Å². The van der Waals surface area contributed by atoms with Crippen molar-refractivity contribution in [2.24, 2.45) is 5.92 Å². The van der Waals surface area contributed by atoms with Crippen LogP contribution in [0.5, 0.6) is 0 Å². The minimum absolute atomic E-state index is 0.188. The van der Waals surface area contributed by atoms with Crippen LogP contribution in [0, 0.1) is 11.7 Å². The Kier molecular flexibility index (Phi) is 3.98. The predicted octanol–water partition coefficient (Wildman–Crippen LogP) is 4.63. The molecule has 0 spiro atoms. The highest BCUT2D eigenvalue weighted by Crippen LogP contribution is 2.26. The maximum Gasteiger partial charge on any atom is 0.125 e. The summed E-state index contributed by atoms with van der Waals surface area (Å²) in [5, 5.41) is 3.40. The summed E-state index contributed by atoms with van der Waals surface area (Å²) in [6.07, 6.45) is 0. The van der Waals surface area contributed by atoms with Crippen molar-refractivity contribution < 1.29 is 4.39 Å². The Labute approximate surface area is 108 Å². The zero-order valence-corrected chi connectivity index (χ0v) is 10.7. The molecule has 0 radical (unpaired) electrons. The molecular formula is C16H18FN. The number of benzene rings is 2. The number of hydrogen-bond acceptors (Lipinski definition) is 1. The molecule has 0 aliphatic carbocycles. The zero-order chi connectivity index (χ0) is 13.0. The summed E-state index contributed by atoms with van der Waals surface area (Å²) in [6.45, 7) is 4.31. The van der Waals surface area contributed by atoms with Crippen LogP contribution in [-0.4, -0.2) is 0 Å². The molecular weight excluding hydrogens is 225 g/mol. The summed E-state index contributed by atoms with van der Waals surface area (Å²) in [4.78, 5) is 0. The highest BCUT2D eigenvalue weighted by Gasteiger charge is 2.15. The minimum atomic E-state index is -0.212. The summed E-state index contributed by atoms with van der Waals surface area (Å²) < 4.78 is 13.2. The summed E-state index contributed by atoms with van der Waals surface area (Å²) >= 11 is 0. The Morgan fingerprint density at radius 3 is 2.28 bits per heavy atom. The van der Waals surface area contributed by atoms with Crippen LogP contribution in [0.2, 0.25) is 0 Å². The fraction of sp³-hybridized carbons (Fsp3) is 0.250. The van der Waals surface area contributed by atoms with E-state index in [0.717, 1.165) is 5.69 Å². The molecule has 1 unspecified atom stereocenters. The van der Waals surface area contributed by atoms with Crippen molar-refractivity contribution in [3.05, 3.63) is 66.0 Å². The molecule has 0 aliphatic heterocycles. The van der Waals surface area contributed by atoms with E-state index < -0.39 is 0 Å². The van der Waals surface area contributed by atoms with Gasteiger partial charge in [0.15, 0.2) is 0 Å². The first-order valence-corrected chi connectivity index (χ1v) is 6.24. The molecule has 0 saturated carbocycles. The van der Waals surface area contributed by atoms with E-state index in [9.17, 15) is 4.39 Å². The number of halogens is 1. The lowest BCUT2D eigenvalue weighted by atomic mass is 9.96. The van der Waals surface area contributed by atoms with Crippen molar-refractivity contribution in [3.8, 4) is 0 Å². The van der Waals surface area contributed by atoms with Crippen molar-refractivity contribution in [2.45, 2.75) is 19.9 Å². The minimum Gasteiger partial charge on any atom is -0.378 e. The van der Waals surface area contributed by atoms with Crippen LogP contribution in [-0.2, 0) is 0 Å². The number of anilines is 1. The molecule has 0 aliphatic rings. The van der Waals surface area contributed by atoms with Gasteiger partial charge >= 0.3 is 0 Å². The van der Waals surface area contributed by atoms with Crippen LogP contribution in [0.1, 0.15) is 25.5 Å². The summed E-state index contributed by atoms with van der Waals surface area (Å²) in [6, 6.07) is 17.0. The predicted molar refractivity (Wildman–Crippen MR) is 74.0 cm³/mol. The number of rotatable bonds is 4. The van der Waals surface area contributed by atoms with Crippen molar-refractivity contribution in [3.63, 3.8) is 0 Å². The maximum atomic E-state index is 13.2. The van der Waals surface area contributed by atoms with Crippen molar-refractivity contribution in [1.29, 1.82) is 0 Å². The lowest BCUT2D eigenvalue weighted by Gasteiger charge is -2.24. The topological polar surface area (TPSA) is 12.0 Å². The summed E-state index contributed by atoms with van der Waals surface area (Å²) in [5.41, 5.74) is 2.04. The first kappa shape index (κ1) is 12.6. The Balaban J connectivity index is 2.22. The lowest BCUT2D eigenvalue weighted by Crippen LogP contribution is -2.16. The van der Waals surface area contributed by atoms with E-state index >= 15 is 0 Å². The van der Waals surface area contributed by atoms with Crippen molar-refractivity contribution >= 4 is 5.69 Å². The first-order valence-electron chi connectivity index (χ1n) is 6.24. The Morgan fingerprint density at radius 2 is 1.67 bits per heavy atom. The van der Waals surface area contributed by atoms with Gasteiger partial charge in [-0.25, -0.2) is 4.39 Å². The molecule has 2 aromatic carbocycles. The second-order valence-electron chi connectivity index (χ2n) is 4.79. The SMILES string of the molecule is CC(C)C(Nc1cccc(F)c1)c1ccccc1. The summed E-state index contributed by atoms with van der Waals surface area (Å²) in [5.74, 6) is 0.214. The molecule has 2 rings (SSSR count). The Hall–Kier alpha value is -1.83. The Morgan fingerprint density at radius 1 is 0.944 bits per heavy atom. The standard InChI is InChI=1S/C16H18FN/c1-12(2)16(13-7-4-3-5-8-13)18-15-10-6-9-14(17)11-15/h3-12,16,18H,1-2H3. The summed E-state index contributed by atoms with van der Waals surface area (Å²) in [7, 11) is 0. The fourth-order valence-corrected chi connectivity index (χ4v) is 2.05. The van der Waals surface area contributed by atoms with E-state index in [1.165, 1.54) is 17.7 Å². The molecule has 0 aromatic heterocycles. The highest BCUT2D eigenvalue weighted by atomic mass is 19.1. The molecule has 2 heteroatoms. The molecule has 2 aromatic rings. The molecule has 1 nitrogen and oxygen atoms in total. The number of hydrogen-bond donors (Lipinski definition) is 1. The van der Waals surface area contributed by atoms with E-state index in [2.05, 4.69) is 31.3 Å². The van der Waals surface area contributed by atoms with Gasteiger partial charge in [0.25, 0.3) is 0 Å². The second kappa shape index (κ2) is 5.67. The van der Waals surface area contributed by atoms with Gasteiger partial charge in [0.1, 0.15) is 5.82 Å². The third-order valence-electron chi connectivity index (χ3n) is 2.97. The average molecular weight is 243 g/mol. The molecule has 0 fully saturated rings. The molecule has 0 saturated heterocycles. The molecule has 0 heterocycles.